The second-order valence-corrected chi connectivity index (χ2v) is 7.67. The average Bonchev–Trinajstić information content (AvgIpc) is 3.08. The van der Waals surface area contributed by atoms with Gasteiger partial charge in [0.2, 0.25) is 0 Å². The van der Waals surface area contributed by atoms with Crippen LogP contribution in [0.3, 0.4) is 0 Å². The molecule has 1 N–H and O–H groups in total. The molecule has 3 aromatic carbocycles. The smallest absolute Gasteiger partial charge is 0.282 e. The largest absolute Gasteiger partial charge is 0.496 e. The van der Waals surface area contributed by atoms with Crippen LogP contribution in [-0.2, 0) is 9.59 Å². The van der Waals surface area contributed by atoms with Gasteiger partial charge in [0.15, 0.2) is 11.5 Å². The summed E-state index contributed by atoms with van der Waals surface area (Å²) in [6.45, 7) is 2.80. The number of hydrogen-bond donors (Lipinski definition) is 1. The molecule has 33 heavy (non-hydrogen) atoms. The molecule has 0 aliphatic carbocycles. The molecule has 2 aliphatic rings. The molecule has 0 spiro atoms. The number of carbonyl (C=O) groups is 2. The third kappa shape index (κ3) is 3.57. The van der Waals surface area contributed by atoms with Gasteiger partial charge in [0, 0.05) is 17.3 Å². The summed E-state index contributed by atoms with van der Waals surface area (Å²) in [5.41, 5.74) is 2.92. The minimum atomic E-state index is -0.440. The standard InChI is InChI=1S/C26H22N2O5/c1-16-7-3-5-9-19(16)28-25(29)23(18-8-4-6-10-20(18)31-2)24(26(28)30)27-17-11-12-21-22(15-17)33-14-13-32-21/h3-12,15,27H,13-14H2,1-2H3. The van der Waals surface area contributed by atoms with Crippen LogP contribution in [0.15, 0.2) is 72.4 Å². The lowest BCUT2D eigenvalue weighted by molar-refractivity contribution is -0.120. The third-order valence-corrected chi connectivity index (χ3v) is 5.63. The van der Waals surface area contributed by atoms with E-state index in [0.29, 0.717) is 47.4 Å². The Morgan fingerprint density at radius 2 is 1.61 bits per heavy atom. The summed E-state index contributed by atoms with van der Waals surface area (Å²) in [7, 11) is 1.54. The molecule has 0 bridgehead atoms. The van der Waals surface area contributed by atoms with E-state index in [-0.39, 0.29) is 11.3 Å². The van der Waals surface area contributed by atoms with Gasteiger partial charge in [-0.05, 0) is 36.8 Å². The topological polar surface area (TPSA) is 77.1 Å². The second kappa shape index (κ2) is 8.35. The lowest BCUT2D eigenvalue weighted by Gasteiger charge is -2.20. The van der Waals surface area contributed by atoms with E-state index in [9.17, 15) is 9.59 Å². The molecule has 0 saturated carbocycles. The van der Waals surface area contributed by atoms with Crippen LogP contribution in [0, 0.1) is 6.92 Å². The Kier molecular flexibility index (Phi) is 5.22. The number of benzene rings is 3. The van der Waals surface area contributed by atoms with E-state index in [1.165, 1.54) is 12.0 Å². The van der Waals surface area contributed by atoms with Crippen LogP contribution in [0.2, 0.25) is 0 Å². The second-order valence-electron chi connectivity index (χ2n) is 7.67. The van der Waals surface area contributed by atoms with E-state index in [1.807, 2.05) is 25.1 Å². The molecule has 166 valence electrons. The minimum Gasteiger partial charge on any atom is -0.496 e. The highest BCUT2D eigenvalue weighted by molar-refractivity contribution is 6.46. The van der Waals surface area contributed by atoms with Crippen molar-refractivity contribution >= 4 is 28.8 Å². The van der Waals surface area contributed by atoms with E-state index in [1.54, 1.807) is 48.5 Å². The van der Waals surface area contributed by atoms with E-state index in [2.05, 4.69) is 5.32 Å². The fraction of sp³-hybridized carbons (Fsp3) is 0.154. The van der Waals surface area contributed by atoms with Crippen molar-refractivity contribution in [2.45, 2.75) is 6.92 Å². The van der Waals surface area contributed by atoms with Crippen LogP contribution in [0.1, 0.15) is 11.1 Å². The first-order valence-electron chi connectivity index (χ1n) is 10.6. The van der Waals surface area contributed by atoms with Gasteiger partial charge in [-0.25, -0.2) is 4.90 Å². The van der Waals surface area contributed by atoms with Crippen molar-refractivity contribution in [1.82, 2.24) is 0 Å². The summed E-state index contributed by atoms with van der Waals surface area (Å²) in [6, 6.07) is 19.8. The number of aryl methyl sites for hydroxylation is 1. The quantitative estimate of drug-likeness (QED) is 0.598. The van der Waals surface area contributed by atoms with Gasteiger partial charge in [-0.15, -0.1) is 0 Å². The average molecular weight is 442 g/mol. The van der Waals surface area contributed by atoms with Crippen LogP contribution in [0.25, 0.3) is 5.57 Å². The number of nitrogens with zero attached hydrogens (tertiary/aromatic N) is 1. The molecule has 0 fully saturated rings. The Hall–Kier alpha value is -4.26. The number of nitrogens with one attached hydrogen (secondary N) is 1. The van der Waals surface area contributed by atoms with Crippen LogP contribution < -0.4 is 24.4 Å². The first-order valence-corrected chi connectivity index (χ1v) is 10.6. The maximum atomic E-state index is 13.7. The number of methoxy groups -OCH3 is 1. The summed E-state index contributed by atoms with van der Waals surface area (Å²) in [4.78, 5) is 28.5. The zero-order valence-corrected chi connectivity index (χ0v) is 18.3. The highest BCUT2D eigenvalue weighted by atomic mass is 16.6. The number of hydrogen-bond acceptors (Lipinski definition) is 6. The first-order chi connectivity index (χ1) is 16.1. The molecular formula is C26H22N2O5. The molecule has 0 aromatic heterocycles. The number of para-hydroxylation sites is 2. The first kappa shape index (κ1) is 20.6. The molecule has 3 aromatic rings. The number of amides is 2. The van der Waals surface area contributed by atoms with Crippen molar-refractivity contribution in [2.24, 2.45) is 0 Å². The van der Waals surface area contributed by atoms with E-state index in [0.717, 1.165) is 5.56 Å². The molecule has 7 heteroatoms. The summed E-state index contributed by atoms with van der Waals surface area (Å²) < 4.78 is 16.8. The zero-order chi connectivity index (χ0) is 22.9. The van der Waals surface area contributed by atoms with Crippen molar-refractivity contribution in [3.05, 3.63) is 83.6 Å². The molecule has 0 unspecified atom stereocenters. The molecule has 0 atom stereocenters. The van der Waals surface area contributed by atoms with Gasteiger partial charge < -0.3 is 19.5 Å². The predicted molar refractivity (Wildman–Crippen MR) is 125 cm³/mol. The van der Waals surface area contributed by atoms with E-state index in [4.69, 9.17) is 14.2 Å². The molecule has 2 amide bonds. The zero-order valence-electron chi connectivity index (χ0n) is 18.3. The lowest BCUT2D eigenvalue weighted by atomic mass is 10.0. The molecule has 0 saturated heterocycles. The van der Waals surface area contributed by atoms with E-state index >= 15 is 0 Å². The fourth-order valence-corrected chi connectivity index (χ4v) is 4.05. The third-order valence-electron chi connectivity index (χ3n) is 5.63. The predicted octanol–water partition coefficient (Wildman–Crippen LogP) is 4.17. The van der Waals surface area contributed by atoms with Crippen molar-refractivity contribution in [1.29, 1.82) is 0 Å². The fourth-order valence-electron chi connectivity index (χ4n) is 4.05. The van der Waals surface area contributed by atoms with Gasteiger partial charge in [0.1, 0.15) is 24.7 Å². The Balaban J connectivity index is 1.63. The van der Waals surface area contributed by atoms with Crippen LogP contribution in [0.5, 0.6) is 17.2 Å². The molecule has 5 rings (SSSR count). The van der Waals surface area contributed by atoms with Crippen molar-refractivity contribution in [2.75, 3.05) is 30.5 Å². The summed E-state index contributed by atoms with van der Waals surface area (Å²) in [5.74, 6) is 0.866. The normalized spacial score (nSPS) is 15.2. The maximum absolute atomic E-state index is 13.7. The highest BCUT2D eigenvalue weighted by Crippen LogP contribution is 2.39. The maximum Gasteiger partial charge on any atom is 0.282 e. The summed E-state index contributed by atoms with van der Waals surface area (Å²) >= 11 is 0. The number of carbonyl (C=O) groups excluding carboxylic acids is 2. The molecule has 2 aliphatic heterocycles. The van der Waals surface area contributed by atoms with Crippen LogP contribution in [-0.4, -0.2) is 32.1 Å². The van der Waals surface area contributed by atoms with Crippen molar-refractivity contribution in [3.8, 4) is 17.2 Å². The van der Waals surface area contributed by atoms with Gasteiger partial charge in [-0.3, -0.25) is 9.59 Å². The van der Waals surface area contributed by atoms with Crippen molar-refractivity contribution < 1.29 is 23.8 Å². The van der Waals surface area contributed by atoms with Gasteiger partial charge in [-0.1, -0.05) is 36.4 Å². The SMILES string of the molecule is COc1ccccc1C1=C(Nc2ccc3c(c2)OCCO3)C(=O)N(c2ccccc2C)C1=O. The molecule has 7 nitrogen and oxygen atoms in total. The number of ether oxygens (including phenoxy) is 3. The molecule has 0 radical (unpaired) electrons. The van der Waals surface area contributed by atoms with Gasteiger partial charge in [0.25, 0.3) is 11.8 Å². The highest BCUT2D eigenvalue weighted by Gasteiger charge is 2.41. The van der Waals surface area contributed by atoms with Gasteiger partial charge >= 0.3 is 0 Å². The Labute approximate surface area is 191 Å². The van der Waals surface area contributed by atoms with Crippen LogP contribution >= 0.6 is 0 Å². The molecular weight excluding hydrogens is 420 g/mol. The Morgan fingerprint density at radius 1 is 0.879 bits per heavy atom. The van der Waals surface area contributed by atoms with Gasteiger partial charge in [0.05, 0.1) is 18.4 Å². The number of anilines is 2. The Morgan fingerprint density at radius 3 is 2.39 bits per heavy atom. The summed E-state index contributed by atoms with van der Waals surface area (Å²) in [5, 5.41) is 3.17. The lowest BCUT2D eigenvalue weighted by Crippen LogP contribution is -2.33. The molecule has 2 heterocycles. The monoisotopic (exact) mass is 442 g/mol. The Bertz CT molecular complexity index is 1300. The van der Waals surface area contributed by atoms with E-state index < -0.39 is 11.8 Å². The van der Waals surface area contributed by atoms with Gasteiger partial charge in [-0.2, -0.15) is 0 Å². The number of rotatable bonds is 5. The number of imide groups is 1. The summed E-state index contributed by atoms with van der Waals surface area (Å²) in [6.07, 6.45) is 0. The minimum absolute atomic E-state index is 0.171. The van der Waals surface area contributed by atoms with Crippen LogP contribution in [0.4, 0.5) is 11.4 Å². The number of fused-ring (bicyclic) bond motifs is 1. The van der Waals surface area contributed by atoms with Crippen molar-refractivity contribution in [3.63, 3.8) is 0 Å².